The van der Waals surface area contributed by atoms with Crippen LogP contribution in [0.2, 0.25) is 0 Å². The van der Waals surface area contributed by atoms with Gasteiger partial charge in [0.25, 0.3) is 0 Å². The van der Waals surface area contributed by atoms with Crippen LogP contribution in [0.3, 0.4) is 0 Å². The van der Waals surface area contributed by atoms with Gasteiger partial charge < -0.3 is 14.2 Å². The topological polar surface area (TPSA) is 78.9 Å². The number of hydrogen-bond acceptors (Lipinski definition) is 6. The summed E-state index contributed by atoms with van der Waals surface area (Å²) in [6, 6.07) is 0. The monoisotopic (exact) mass is 915 g/mol. The molecule has 0 fully saturated rings. The maximum Gasteiger partial charge on any atom is 0.306 e. The molecule has 0 aliphatic rings. The van der Waals surface area contributed by atoms with E-state index in [1.54, 1.807) is 0 Å². The average Bonchev–Trinajstić information content (AvgIpc) is 3.30. The van der Waals surface area contributed by atoms with E-state index in [-0.39, 0.29) is 31.1 Å². The van der Waals surface area contributed by atoms with Gasteiger partial charge in [-0.3, -0.25) is 14.4 Å². The molecule has 0 rings (SSSR count). The van der Waals surface area contributed by atoms with Crippen LogP contribution in [0, 0.1) is 0 Å². The van der Waals surface area contributed by atoms with E-state index in [1.807, 2.05) is 0 Å². The number of allylic oxidation sites excluding steroid dienone is 4. The van der Waals surface area contributed by atoms with E-state index in [0.29, 0.717) is 19.3 Å². The molecular formula is C59H110O6. The van der Waals surface area contributed by atoms with Crippen molar-refractivity contribution in [1.29, 1.82) is 0 Å². The van der Waals surface area contributed by atoms with E-state index in [1.165, 1.54) is 193 Å². The summed E-state index contributed by atoms with van der Waals surface area (Å²) in [6.07, 6.45) is 63.2. The molecule has 0 aromatic carbocycles. The summed E-state index contributed by atoms with van der Waals surface area (Å²) in [6.45, 7) is 6.57. The van der Waals surface area contributed by atoms with Crippen molar-refractivity contribution in [3.63, 3.8) is 0 Å². The number of carbonyl (C=O) groups excluding carboxylic acids is 3. The van der Waals surface area contributed by atoms with Crippen LogP contribution < -0.4 is 0 Å². The van der Waals surface area contributed by atoms with Gasteiger partial charge in [-0.2, -0.15) is 0 Å². The first-order chi connectivity index (χ1) is 32.0. The molecule has 0 aliphatic heterocycles. The van der Waals surface area contributed by atoms with E-state index in [0.717, 1.165) is 83.5 Å². The Balaban J connectivity index is 4.28. The van der Waals surface area contributed by atoms with E-state index in [2.05, 4.69) is 45.1 Å². The molecule has 0 saturated heterocycles. The first-order valence-corrected chi connectivity index (χ1v) is 28.8. The van der Waals surface area contributed by atoms with E-state index in [9.17, 15) is 14.4 Å². The van der Waals surface area contributed by atoms with Crippen LogP contribution in [0.25, 0.3) is 0 Å². The average molecular weight is 916 g/mol. The third kappa shape index (κ3) is 52.7. The summed E-state index contributed by atoms with van der Waals surface area (Å²) in [5, 5.41) is 0. The number of carbonyl (C=O) groups is 3. The zero-order valence-electron chi connectivity index (χ0n) is 43.8. The van der Waals surface area contributed by atoms with Gasteiger partial charge in [-0.05, 0) is 44.9 Å². The molecule has 0 aromatic heterocycles. The predicted molar refractivity (Wildman–Crippen MR) is 279 cm³/mol. The second-order valence-corrected chi connectivity index (χ2v) is 19.5. The quantitative estimate of drug-likeness (QED) is 0.0262. The molecule has 0 N–H and O–H groups in total. The summed E-state index contributed by atoms with van der Waals surface area (Å²) < 4.78 is 16.9. The van der Waals surface area contributed by atoms with Crippen molar-refractivity contribution in [3.8, 4) is 0 Å². The normalized spacial score (nSPS) is 12.1. The van der Waals surface area contributed by atoms with Crippen molar-refractivity contribution in [2.45, 2.75) is 322 Å². The number of unbranched alkanes of at least 4 members (excludes halogenated alkanes) is 38. The van der Waals surface area contributed by atoms with Crippen molar-refractivity contribution in [1.82, 2.24) is 0 Å². The molecule has 0 radical (unpaired) electrons. The highest BCUT2D eigenvalue weighted by Gasteiger charge is 2.19. The molecular weight excluding hydrogens is 805 g/mol. The molecule has 6 nitrogen and oxygen atoms in total. The lowest BCUT2D eigenvalue weighted by molar-refractivity contribution is -0.167. The van der Waals surface area contributed by atoms with Crippen molar-refractivity contribution in [2.24, 2.45) is 0 Å². The van der Waals surface area contributed by atoms with Gasteiger partial charge in [0, 0.05) is 19.3 Å². The van der Waals surface area contributed by atoms with Crippen molar-refractivity contribution in [3.05, 3.63) is 24.3 Å². The Hall–Kier alpha value is -2.11. The van der Waals surface area contributed by atoms with Gasteiger partial charge in [0.15, 0.2) is 6.10 Å². The summed E-state index contributed by atoms with van der Waals surface area (Å²) in [4.78, 5) is 38.1. The summed E-state index contributed by atoms with van der Waals surface area (Å²) in [5.74, 6) is -0.864. The molecule has 0 aliphatic carbocycles. The zero-order valence-corrected chi connectivity index (χ0v) is 43.8. The fourth-order valence-corrected chi connectivity index (χ4v) is 8.66. The van der Waals surface area contributed by atoms with E-state index in [4.69, 9.17) is 14.2 Å². The van der Waals surface area contributed by atoms with Crippen LogP contribution in [-0.2, 0) is 28.6 Å². The van der Waals surface area contributed by atoms with Crippen LogP contribution in [0.15, 0.2) is 24.3 Å². The van der Waals surface area contributed by atoms with Gasteiger partial charge in [-0.25, -0.2) is 0 Å². The van der Waals surface area contributed by atoms with Crippen LogP contribution >= 0.6 is 0 Å². The highest BCUT2D eigenvalue weighted by molar-refractivity contribution is 5.71. The lowest BCUT2D eigenvalue weighted by atomic mass is 10.0. The van der Waals surface area contributed by atoms with Gasteiger partial charge in [-0.15, -0.1) is 0 Å². The van der Waals surface area contributed by atoms with Gasteiger partial charge in [0.05, 0.1) is 0 Å². The molecule has 0 amide bonds. The van der Waals surface area contributed by atoms with Crippen LogP contribution in [0.5, 0.6) is 0 Å². The molecule has 0 spiro atoms. The highest BCUT2D eigenvalue weighted by Crippen LogP contribution is 2.17. The molecule has 0 bridgehead atoms. The predicted octanol–water partition coefficient (Wildman–Crippen LogP) is 19.1. The Morgan fingerprint density at radius 1 is 0.323 bits per heavy atom. The standard InChI is InChI=1S/C59H110O6/c1-4-7-10-13-16-19-22-25-27-29-30-31-33-34-37-40-43-46-49-52-58(61)64-55-56(54-63-57(60)51-48-45-42-39-36-24-21-18-15-12-9-6-3)65-59(62)53-50-47-44-41-38-35-32-28-26-23-20-17-14-11-8-5-2/h9,12,18,21,56H,4-8,10-11,13-17,19-20,22-55H2,1-3H3/b12-9-,21-18-. The Morgan fingerprint density at radius 3 is 0.923 bits per heavy atom. The molecule has 1 unspecified atom stereocenters. The van der Waals surface area contributed by atoms with E-state index < -0.39 is 6.10 Å². The molecule has 0 heterocycles. The lowest BCUT2D eigenvalue weighted by Gasteiger charge is -2.18. The second kappa shape index (κ2) is 54.5. The van der Waals surface area contributed by atoms with E-state index >= 15 is 0 Å². The second-order valence-electron chi connectivity index (χ2n) is 19.5. The van der Waals surface area contributed by atoms with Crippen LogP contribution in [0.1, 0.15) is 316 Å². The van der Waals surface area contributed by atoms with Crippen LogP contribution in [0.4, 0.5) is 0 Å². The zero-order chi connectivity index (χ0) is 47.2. The van der Waals surface area contributed by atoms with Crippen molar-refractivity contribution >= 4 is 17.9 Å². The molecule has 1 atom stereocenters. The number of rotatable bonds is 53. The number of hydrogen-bond donors (Lipinski definition) is 0. The minimum Gasteiger partial charge on any atom is -0.462 e. The minimum atomic E-state index is -0.771. The first kappa shape index (κ1) is 62.9. The Labute approximate surface area is 404 Å². The third-order valence-corrected chi connectivity index (χ3v) is 13.0. The van der Waals surface area contributed by atoms with Gasteiger partial charge in [0.1, 0.15) is 13.2 Å². The van der Waals surface area contributed by atoms with Crippen molar-refractivity contribution < 1.29 is 28.6 Å². The fraction of sp³-hybridized carbons (Fsp3) is 0.881. The lowest BCUT2D eigenvalue weighted by Crippen LogP contribution is -2.30. The molecule has 6 heteroatoms. The molecule has 0 saturated carbocycles. The summed E-state index contributed by atoms with van der Waals surface area (Å²) in [5.41, 5.74) is 0. The van der Waals surface area contributed by atoms with Crippen molar-refractivity contribution in [2.75, 3.05) is 13.2 Å². The summed E-state index contributed by atoms with van der Waals surface area (Å²) >= 11 is 0. The summed E-state index contributed by atoms with van der Waals surface area (Å²) in [7, 11) is 0. The Bertz CT molecular complexity index is 1050. The third-order valence-electron chi connectivity index (χ3n) is 13.0. The maximum atomic E-state index is 12.8. The Kier molecular flexibility index (Phi) is 52.7. The SMILES string of the molecule is CC/C=C\C/C=C\CCCCCCCC(=O)OCC(COC(=O)CCCCCCCCCCCCCCCCCCCCC)OC(=O)CCCCCCCCCCCCCCCCCC. The first-order valence-electron chi connectivity index (χ1n) is 28.8. The highest BCUT2D eigenvalue weighted by atomic mass is 16.6. The van der Waals surface area contributed by atoms with Gasteiger partial charge in [-0.1, -0.05) is 276 Å². The molecule has 65 heavy (non-hydrogen) atoms. The number of esters is 3. The largest absolute Gasteiger partial charge is 0.462 e. The Morgan fingerprint density at radius 2 is 0.600 bits per heavy atom. The maximum absolute atomic E-state index is 12.8. The molecule has 382 valence electrons. The van der Waals surface area contributed by atoms with Crippen LogP contribution in [-0.4, -0.2) is 37.2 Å². The minimum absolute atomic E-state index is 0.0702. The number of ether oxygens (including phenoxy) is 3. The van der Waals surface area contributed by atoms with Gasteiger partial charge >= 0.3 is 17.9 Å². The van der Waals surface area contributed by atoms with Gasteiger partial charge in [0.2, 0.25) is 0 Å². The fourth-order valence-electron chi connectivity index (χ4n) is 8.66. The smallest absolute Gasteiger partial charge is 0.306 e. The molecule has 0 aromatic rings.